The van der Waals surface area contributed by atoms with Gasteiger partial charge in [-0.05, 0) is 36.8 Å². The van der Waals surface area contributed by atoms with Gasteiger partial charge in [0.2, 0.25) is 0 Å². The van der Waals surface area contributed by atoms with Crippen LogP contribution in [0.5, 0.6) is 0 Å². The summed E-state index contributed by atoms with van der Waals surface area (Å²) >= 11 is 0. The lowest BCUT2D eigenvalue weighted by atomic mass is 10.1. The highest BCUT2D eigenvalue weighted by molar-refractivity contribution is 5.22. The molecule has 2 heteroatoms. The van der Waals surface area contributed by atoms with Gasteiger partial charge >= 0.3 is 0 Å². The van der Waals surface area contributed by atoms with Gasteiger partial charge in [-0.1, -0.05) is 6.07 Å². The Morgan fingerprint density at radius 1 is 1.67 bits per heavy atom. The van der Waals surface area contributed by atoms with Crippen molar-refractivity contribution in [2.75, 3.05) is 0 Å². The number of nitrogens with zero attached hydrogens (tertiary/aromatic N) is 1. The second-order valence-corrected chi connectivity index (χ2v) is 3.53. The summed E-state index contributed by atoms with van der Waals surface area (Å²) in [5.41, 5.74) is 1.27. The van der Waals surface area contributed by atoms with Crippen LogP contribution < -0.4 is 0 Å². The molecule has 3 atom stereocenters. The van der Waals surface area contributed by atoms with Crippen LogP contribution in [-0.4, -0.2) is 16.2 Å². The molecule has 1 aliphatic rings. The van der Waals surface area contributed by atoms with Gasteiger partial charge in [0.05, 0.1) is 6.10 Å². The van der Waals surface area contributed by atoms with Crippen LogP contribution in [0.15, 0.2) is 24.5 Å². The van der Waals surface area contributed by atoms with Gasteiger partial charge in [0.1, 0.15) is 0 Å². The van der Waals surface area contributed by atoms with Crippen molar-refractivity contribution in [2.45, 2.75) is 25.4 Å². The van der Waals surface area contributed by atoms with Gasteiger partial charge in [-0.2, -0.15) is 0 Å². The van der Waals surface area contributed by atoms with Crippen molar-refractivity contribution >= 4 is 0 Å². The zero-order valence-electron chi connectivity index (χ0n) is 7.14. The number of aliphatic hydroxyl groups excluding tert-OH is 1. The molecule has 2 rings (SSSR count). The average Bonchev–Trinajstić information content (AvgIpc) is 2.84. The van der Waals surface area contributed by atoms with Gasteiger partial charge in [0.15, 0.2) is 0 Å². The normalized spacial score (nSPS) is 29.8. The third kappa shape index (κ3) is 1.34. The van der Waals surface area contributed by atoms with Gasteiger partial charge in [-0.25, -0.2) is 0 Å². The third-order valence-corrected chi connectivity index (χ3v) is 2.57. The number of hydrogen-bond donors (Lipinski definition) is 1. The Kier molecular flexibility index (Phi) is 1.85. The largest absolute Gasteiger partial charge is 0.393 e. The molecule has 1 aliphatic carbocycles. The van der Waals surface area contributed by atoms with Crippen LogP contribution in [0, 0.1) is 5.92 Å². The minimum absolute atomic E-state index is 0.171. The topological polar surface area (TPSA) is 33.1 Å². The van der Waals surface area contributed by atoms with E-state index in [4.69, 9.17) is 0 Å². The number of rotatable bonds is 2. The van der Waals surface area contributed by atoms with Crippen LogP contribution >= 0.6 is 0 Å². The summed E-state index contributed by atoms with van der Waals surface area (Å²) in [5, 5.41) is 9.30. The summed E-state index contributed by atoms with van der Waals surface area (Å²) in [6.45, 7) is 1.86. The standard InChI is InChI=1S/C10H13NO/c1-7(12)9-5-10(9)8-3-2-4-11-6-8/h2-4,6-7,9-10,12H,5H2,1H3/t7-,9+,10+/m0/s1. The summed E-state index contributed by atoms with van der Waals surface area (Å²) in [5.74, 6) is 1.02. The molecule has 1 aromatic rings. The fourth-order valence-electron chi connectivity index (χ4n) is 1.73. The van der Waals surface area contributed by atoms with E-state index in [-0.39, 0.29) is 6.10 Å². The second kappa shape index (κ2) is 2.87. The van der Waals surface area contributed by atoms with E-state index in [1.807, 2.05) is 19.2 Å². The van der Waals surface area contributed by atoms with Crippen LogP contribution in [0.2, 0.25) is 0 Å². The maximum atomic E-state index is 9.30. The zero-order valence-corrected chi connectivity index (χ0v) is 7.14. The predicted molar refractivity (Wildman–Crippen MR) is 46.8 cm³/mol. The molecular formula is C10H13NO. The van der Waals surface area contributed by atoms with E-state index < -0.39 is 0 Å². The summed E-state index contributed by atoms with van der Waals surface area (Å²) in [6.07, 6.45) is 4.62. The molecule has 64 valence electrons. The molecule has 1 aromatic heterocycles. The lowest BCUT2D eigenvalue weighted by Crippen LogP contribution is -2.03. The Labute approximate surface area is 72.3 Å². The molecule has 1 fully saturated rings. The van der Waals surface area contributed by atoms with E-state index in [1.54, 1.807) is 6.20 Å². The van der Waals surface area contributed by atoms with E-state index in [2.05, 4.69) is 11.1 Å². The van der Waals surface area contributed by atoms with Crippen molar-refractivity contribution in [3.05, 3.63) is 30.1 Å². The van der Waals surface area contributed by atoms with E-state index in [9.17, 15) is 5.11 Å². The number of aliphatic hydroxyl groups is 1. The molecule has 1 N–H and O–H groups in total. The molecule has 0 aliphatic heterocycles. The van der Waals surface area contributed by atoms with Crippen LogP contribution in [0.1, 0.15) is 24.8 Å². The average molecular weight is 163 g/mol. The fraction of sp³-hybridized carbons (Fsp3) is 0.500. The van der Waals surface area contributed by atoms with Gasteiger partial charge < -0.3 is 5.11 Å². The molecular weight excluding hydrogens is 150 g/mol. The Balaban J connectivity index is 2.06. The summed E-state index contributed by atoms with van der Waals surface area (Å²) in [4.78, 5) is 4.06. The Morgan fingerprint density at radius 2 is 2.50 bits per heavy atom. The molecule has 0 unspecified atom stereocenters. The first-order valence-electron chi connectivity index (χ1n) is 4.37. The molecule has 1 saturated carbocycles. The maximum Gasteiger partial charge on any atom is 0.0546 e. The van der Waals surface area contributed by atoms with Gasteiger partial charge in [0, 0.05) is 12.4 Å². The van der Waals surface area contributed by atoms with Crippen molar-refractivity contribution in [3.63, 3.8) is 0 Å². The van der Waals surface area contributed by atoms with Gasteiger partial charge in [-0.15, -0.1) is 0 Å². The lowest BCUT2D eigenvalue weighted by molar-refractivity contribution is 0.169. The first-order chi connectivity index (χ1) is 5.79. The highest BCUT2D eigenvalue weighted by Gasteiger charge is 2.41. The third-order valence-electron chi connectivity index (χ3n) is 2.57. The fourth-order valence-corrected chi connectivity index (χ4v) is 1.73. The van der Waals surface area contributed by atoms with Crippen molar-refractivity contribution in [1.82, 2.24) is 4.98 Å². The van der Waals surface area contributed by atoms with E-state index in [1.165, 1.54) is 5.56 Å². The molecule has 0 radical (unpaired) electrons. The Bertz CT molecular complexity index is 258. The van der Waals surface area contributed by atoms with Crippen LogP contribution in [0.25, 0.3) is 0 Å². The van der Waals surface area contributed by atoms with Gasteiger partial charge in [-0.3, -0.25) is 4.98 Å². The van der Waals surface area contributed by atoms with Crippen LogP contribution in [-0.2, 0) is 0 Å². The molecule has 0 spiro atoms. The van der Waals surface area contributed by atoms with Crippen molar-refractivity contribution in [3.8, 4) is 0 Å². The van der Waals surface area contributed by atoms with Crippen molar-refractivity contribution in [1.29, 1.82) is 0 Å². The van der Waals surface area contributed by atoms with Crippen molar-refractivity contribution in [2.24, 2.45) is 5.92 Å². The summed E-state index contributed by atoms with van der Waals surface area (Å²) < 4.78 is 0. The van der Waals surface area contributed by atoms with E-state index in [0.29, 0.717) is 11.8 Å². The minimum atomic E-state index is -0.171. The highest BCUT2D eigenvalue weighted by Crippen LogP contribution is 2.49. The summed E-state index contributed by atoms with van der Waals surface area (Å²) in [6, 6.07) is 4.03. The molecule has 0 bridgehead atoms. The monoisotopic (exact) mass is 163 g/mol. The Morgan fingerprint density at radius 3 is 3.00 bits per heavy atom. The van der Waals surface area contributed by atoms with Gasteiger partial charge in [0.25, 0.3) is 0 Å². The maximum absolute atomic E-state index is 9.30. The van der Waals surface area contributed by atoms with E-state index >= 15 is 0 Å². The Hall–Kier alpha value is -0.890. The molecule has 0 saturated heterocycles. The van der Waals surface area contributed by atoms with E-state index in [0.717, 1.165) is 6.42 Å². The predicted octanol–water partition coefficient (Wildman–Crippen LogP) is 1.57. The number of pyridine rings is 1. The van der Waals surface area contributed by atoms with Crippen LogP contribution in [0.4, 0.5) is 0 Å². The second-order valence-electron chi connectivity index (χ2n) is 3.53. The molecule has 0 aromatic carbocycles. The zero-order chi connectivity index (χ0) is 8.55. The first-order valence-corrected chi connectivity index (χ1v) is 4.37. The SMILES string of the molecule is C[C@H](O)[C@H]1C[C@@H]1c1cccnc1. The summed E-state index contributed by atoms with van der Waals surface area (Å²) in [7, 11) is 0. The molecule has 0 amide bonds. The number of hydrogen-bond acceptors (Lipinski definition) is 2. The first kappa shape index (κ1) is 7.74. The smallest absolute Gasteiger partial charge is 0.0546 e. The molecule has 1 heterocycles. The quantitative estimate of drug-likeness (QED) is 0.717. The lowest BCUT2D eigenvalue weighted by Gasteiger charge is -2.01. The number of aromatic nitrogens is 1. The molecule has 2 nitrogen and oxygen atoms in total. The molecule has 12 heavy (non-hydrogen) atoms. The van der Waals surface area contributed by atoms with Crippen LogP contribution in [0.3, 0.4) is 0 Å². The minimum Gasteiger partial charge on any atom is -0.393 e. The van der Waals surface area contributed by atoms with Crippen molar-refractivity contribution < 1.29 is 5.11 Å². The highest BCUT2D eigenvalue weighted by atomic mass is 16.3.